The molecule has 2 nitrogen and oxygen atoms in total. The molecule has 0 amide bonds. The zero-order valence-electron chi connectivity index (χ0n) is 5.77. The smallest absolute Gasteiger partial charge is 0.0434 e. The average molecular weight is 129 g/mol. The first kappa shape index (κ1) is 8.66. The standard InChI is InChI=1S/C7H15NO/c1-7(4-5-8)3-2-6-9/h9H,1-6,8H2. The van der Waals surface area contributed by atoms with E-state index in [-0.39, 0.29) is 6.61 Å². The molecule has 0 rings (SSSR count). The van der Waals surface area contributed by atoms with E-state index in [1.165, 1.54) is 0 Å². The lowest BCUT2D eigenvalue weighted by atomic mass is 10.1. The number of rotatable bonds is 5. The largest absolute Gasteiger partial charge is 0.396 e. The van der Waals surface area contributed by atoms with Gasteiger partial charge in [0.2, 0.25) is 0 Å². The van der Waals surface area contributed by atoms with E-state index in [1.54, 1.807) is 0 Å². The second-order valence-corrected chi connectivity index (χ2v) is 2.12. The van der Waals surface area contributed by atoms with Crippen LogP contribution in [0.15, 0.2) is 12.2 Å². The number of hydrogen-bond acceptors (Lipinski definition) is 2. The molecule has 0 aliphatic heterocycles. The van der Waals surface area contributed by atoms with Gasteiger partial charge in [0.15, 0.2) is 0 Å². The van der Waals surface area contributed by atoms with E-state index >= 15 is 0 Å². The molecular formula is C7H15NO. The highest BCUT2D eigenvalue weighted by Gasteiger charge is 1.90. The van der Waals surface area contributed by atoms with Gasteiger partial charge in [-0.2, -0.15) is 0 Å². The Labute approximate surface area is 56.4 Å². The Morgan fingerprint density at radius 2 is 2.11 bits per heavy atom. The monoisotopic (exact) mass is 129 g/mol. The Morgan fingerprint density at radius 3 is 2.56 bits per heavy atom. The second kappa shape index (κ2) is 5.79. The fraction of sp³-hybridized carbons (Fsp3) is 0.714. The summed E-state index contributed by atoms with van der Waals surface area (Å²) < 4.78 is 0. The second-order valence-electron chi connectivity index (χ2n) is 2.12. The van der Waals surface area contributed by atoms with Gasteiger partial charge in [-0.05, 0) is 25.8 Å². The molecule has 54 valence electrons. The van der Waals surface area contributed by atoms with Crippen molar-refractivity contribution < 1.29 is 5.11 Å². The Kier molecular flexibility index (Phi) is 5.57. The van der Waals surface area contributed by atoms with Gasteiger partial charge in [0.05, 0.1) is 0 Å². The Hall–Kier alpha value is -0.340. The topological polar surface area (TPSA) is 46.2 Å². The summed E-state index contributed by atoms with van der Waals surface area (Å²) in [6.45, 7) is 4.72. The Morgan fingerprint density at radius 1 is 1.44 bits per heavy atom. The first-order valence-corrected chi connectivity index (χ1v) is 3.29. The quantitative estimate of drug-likeness (QED) is 0.536. The van der Waals surface area contributed by atoms with Crippen LogP contribution in [-0.4, -0.2) is 18.3 Å². The Balaban J connectivity index is 3.06. The average Bonchev–Trinajstić information content (AvgIpc) is 1.85. The molecule has 0 radical (unpaired) electrons. The lowest BCUT2D eigenvalue weighted by Gasteiger charge is -1.99. The summed E-state index contributed by atoms with van der Waals surface area (Å²) in [7, 11) is 0. The molecule has 0 unspecified atom stereocenters. The minimum absolute atomic E-state index is 0.254. The molecule has 0 heterocycles. The van der Waals surface area contributed by atoms with Crippen molar-refractivity contribution in [2.75, 3.05) is 13.2 Å². The number of aliphatic hydroxyl groups is 1. The molecule has 2 heteroatoms. The van der Waals surface area contributed by atoms with Crippen LogP contribution in [0.5, 0.6) is 0 Å². The van der Waals surface area contributed by atoms with Crippen LogP contribution in [-0.2, 0) is 0 Å². The molecule has 0 aliphatic rings. The van der Waals surface area contributed by atoms with Crippen LogP contribution in [0.4, 0.5) is 0 Å². The van der Waals surface area contributed by atoms with Crippen LogP contribution < -0.4 is 5.73 Å². The van der Waals surface area contributed by atoms with Crippen LogP contribution in [0.1, 0.15) is 19.3 Å². The summed E-state index contributed by atoms with van der Waals surface area (Å²) in [6.07, 6.45) is 2.62. The molecule has 0 aromatic heterocycles. The summed E-state index contributed by atoms with van der Waals surface area (Å²) in [5.41, 5.74) is 6.42. The van der Waals surface area contributed by atoms with Crippen molar-refractivity contribution in [1.82, 2.24) is 0 Å². The molecule has 0 bridgehead atoms. The lowest BCUT2D eigenvalue weighted by Crippen LogP contribution is -1.99. The molecule has 9 heavy (non-hydrogen) atoms. The maximum atomic E-state index is 8.41. The van der Waals surface area contributed by atoms with E-state index in [1.807, 2.05) is 0 Å². The van der Waals surface area contributed by atoms with Gasteiger partial charge in [-0.25, -0.2) is 0 Å². The van der Waals surface area contributed by atoms with E-state index in [9.17, 15) is 0 Å². The maximum absolute atomic E-state index is 8.41. The molecule has 0 atom stereocenters. The highest BCUT2D eigenvalue weighted by atomic mass is 16.2. The SMILES string of the molecule is C=C(CCN)CCCO. The van der Waals surface area contributed by atoms with Crippen LogP contribution in [0.3, 0.4) is 0 Å². The molecule has 3 N–H and O–H groups in total. The third kappa shape index (κ3) is 5.53. The van der Waals surface area contributed by atoms with Crippen LogP contribution >= 0.6 is 0 Å². The predicted octanol–water partition coefficient (Wildman–Crippen LogP) is 0.664. The summed E-state index contributed by atoms with van der Waals surface area (Å²) in [5.74, 6) is 0. The van der Waals surface area contributed by atoms with Gasteiger partial charge < -0.3 is 10.8 Å². The number of hydrogen-bond donors (Lipinski definition) is 2. The van der Waals surface area contributed by atoms with Crippen molar-refractivity contribution in [1.29, 1.82) is 0 Å². The third-order valence-corrected chi connectivity index (χ3v) is 1.19. The zero-order valence-corrected chi connectivity index (χ0v) is 5.77. The summed E-state index contributed by atoms with van der Waals surface area (Å²) in [4.78, 5) is 0. The molecule has 0 aliphatic carbocycles. The van der Waals surface area contributed by atoms with Crippen molar-refractivity contribution in [2.24, 2.45) is 5.73 Å². The molecule has 0 fully saturated rings. The maximum Gasteiger partial charge on any atom is 0.0434 e. The van der Waals surface area contributed by atoms with Gasteiger partial charge in [-0.3, -0.25) is 0 Å². The fourth-order valence-electron chi connectivity index (χ4n) is 0.658. The summed E-state index contributed by atoms with van der Waals surface area (Å²) in [6, 6.07) is 0. The van der Waals surface area contributed by atoms with Crippen LogP contribution in [0.25, 0.3) is 0 Å². The predicted molar refractivity (Wildman–Crippen MR) is 39.1 cm³/mol. The van der Waals surface area contributed by atoms with Gasteiger partial charge in [0.1, 0.15) is 0 Å². The van der Waals surface area contributed by atoms with Crippen molar-refractivity contribution in [3.63, 3.8) is 0 Å². The van der Waals surface area contributed by atoms with Gasteiger partial charge in [-0.15, -0.1) is 0 Å². The lowest BCUT2D eigenvalue weighted by molar-refractivity contribution is 0.288. The van der Waals surface area contributed by atoms with Crippen molar-refractivity contribution in [3.8, 4) is 0 Å². The van der Waals surface area contributed by atoms with Gasteiger partial charge in [-0.1, -0.05) is 12.2 Å². The number of aliphatic hydroxyl groups excluding tert-OH is 1. The molecular weight excluding hydrogens is 114 g/mol. The van der Waals surface area contributed by atoms with E-state index in [0.717, 1.165) is 24.8 Å². The van der Waals surface area contributed by atoms with E-state index in [0.29, 0.717) is 6.54 Å². The summed E-state index contributed by atoms with van der Waals surface area (Å²) in [5, 5.41) is 8.41. The first-order valence-electron chi connectivity index (χ1n) is 3.29. The van der Waals surface area contributed by atoms with E-state index in [4.69, 9.17) is 10.8 Å². The van der Waals surface area contributed by atoms with Crippen LogP contribution in [0, 0.1) is 0 Å². The minimum atomic E-state index is 0.254. The molecule has 0 saturated heterocycles. The normalized spacial score (nSPS) is 9.56. The van der Waals surface area contributed by atoms with Gasteiger partial charge in [0, 0.05) is 6.61 Å². The van der Waals surface area contributed by atoms with Gasteiger partial charge in [0.25, 0.3) is 0 Å². The first-order chi connectivity index (χ1) is 4.31. The number of nitrogens with two attached hydrogens (primary N) is 1. The molecule has 0 spiro atoms. The van der Waals surface area contributed by atoms with Crippen molar-refractivity contribution in [2.45, 2.75) is 19.3 Å². The van der Waals surface area contributed by atoms with Crippen LogP contribution in [0.2, 0.25) is 0 Å². The van der Waals surface area contributed by atoms with Crippen molar-refractivity contribution in [3.05, 3.63) is 12.2 Å². The fourth-order valence-corrected chi connectivity index (χ4v) is 0.658. The van der Waals surface area contributed by atoms with Crippen molar-refractivity contribution >= 4 is 0 Å². The third-order valence-electron chi connectivity index (χ3n) is 1.19. The highest BCUT2D eigenvalue weighted by Crippen LogP contribution is 2.04. The highest BCUT2D eigenvalue weighted by molar-refractivity contribution is 4.93. The van der Waals surface area contributed by atoms with E-state index in [2.05, 4.69) is 6.58 Å². The molecule has 0 aromatic rings. The summed E-state index contributed by atoms with van der Waals surface area (Å²) >= 11 is 0. The molecule has 0 saturated carbocycles. The zero-order chi connectivity index (χ0) is 7.11. The van der Waals surface area contributed by atoms with Gasteiger partial charge >= 0.3 is 0 Å². The minimum Gasteiger partial charge on any atom is -0.396 e. The Bertz CT molecular complexity index is 81.0. The molecule has 0 aromatic carbocycles. The van der Waals surface area contributed by atoms with E-state index < -0.39 is 0 Å².